The number of rotatable bonds is 7. The van der Waals surface area contributed by atoms with E-state index in [-0.39, 0.29) is 10.7 Å². The van der Waals surface area contributed by atoms with Crippen molar-refractivity contribution >= 4 is 33.5 Å². The standard InChI is InChI=1S/C18H18ClNO3S/c1-14(21)2-3-15-4-6-16(7-5-15)12-13-20-24(22,23)18-10-8-17(19)9-11-18/h2-11,20H,12-13H2,1H3/b3-2+. The molecule has 0 aliphatic carbocycles. The Hall–Kier alpha value is -1.95. The first-order chi connectivity index (χ1) is 11.4. The predicted octanol–water partition coefficient (Wildman–Crippen LogP) is 3.46. The van der Waals surface area contributed by atoms with Gasteiger partial charge in [-0.15, -0.1) is 0 Å². The summed E-state index contributed by atoms with van der Waals surface area (Å²) >= 11 is 5.76. The average Bonchev–Trinajstić information content (AvgIpc) is 2.54. The van der Waals surface area contributed by atoms with Crippen LogP contribution in [0, 0.1) is 0 Å². The maximum Gasteiger partial charge on any atom is 0.240 e. The number of nitrogens with one attached hydrogen (secondary N) is 1. The van der Waals surface area contributed by atoms with Gasteiger partial charge in [-0.2, -0.15) is 0 Å². The molecule has 0 atom stereocenters. The first kappa shape index (κ1) is 18.4. The first-order valence-electron chi connectivity index (χ1n) is 7.40. The monoisotopic (exact) mass is 363 g/mol. The summed E-state index contributed by atoms with van der Waals surface area (Å²) in [5.41, 5.74) is 1.93. The number of carbonyl (C=O) groups is 1. The van der Waals surface area contributed by atoms with Crippen LogP contribution in [0.3, 0.4) is 0 Å². The van der Waals surface area contributed by atoms with Gasteiger partial charge in [0.25, 0.3) is 0 Å². The van der Waals surface area contributed by atoms with Gasteiger partial charge in [0.15, 0.2) is 5.78 Å². The van der Waals surface area contributed by atoms with Crippen LogP contribution in [0.25, 0.3) is 6.08 Å². The van der Waals surface area contributed by atoms with E-state index in [0.717, 1.165) is 11.1 Å². The van der Waals surface area contributed by atoms with E-state index < -0.39 is 10.0 Å². The number of hydrogen-bond donors (Lipinski definition) is 1. The summed E-state index contributed by atoms with van der Waals surface area (Å²) in [6.45, 7) is 1.80. The second kappa shape index (κ2) is 8.24. The fourth-order valence-corrected chi connectivity index (χ4v) is 3.19. The number of halogens is 1. The summed E-state index contributed by atoms with van der Waals surface area (Å²) in [5, 5.41) is 0.493. The van der Waals surface area contributed by atoms with Crippen LogP contribution in [0.1, 0.15) is 18.1 Å². The molecule has 126 valence electrons. The molecule has 0 fully saturated rings. The predicted molar refractivity (Wildman–Crippen MR) is 96.5 cm³/mol. The van der Waals surface area contributed by atoms with E-state index in [2.05, 4.69) is 4.72 Å². The molecule has 0 saturated heterocycles. The third-order valence-electron chi connectivity index (χ3n) is 3.32. The van der Waals surface area contributed by atoms with E-state index in [9.17, 15) is 13.2 Å². The van der Waals surface area contributed by atoms with Crippen LogP contribution in [0.15, 0.2) is 59.5 Å². The highest BCUT2D eigenvalue weighted by Gasteiger charge is 2.12. The highest BCUT2D eigenvalue weighted by Crippen LogP contribution is 2.14. The van der Waals surface area contributed by atoms with Crippen LogP contribution in [0.2, 0.25) is 5.02 Å². The first-order valence-corrected chi connectivity index (χ1v) is 9.26. The maximum atomic E-state index is 12.1. The minimum Gasteiger partial charge on any atom is -0.295 e. The van der Waals surface area contributed by atoms with Crippen LogP contribution in [0.4, 0.5) is 0 Å². The summed E-state index contributed by atoms with van der Waals surface area (Å²) in [6, 6.07) is 13.6. The van der Waals surface area contributed by atoms with Crippen molar-refractivity contribution in [3.8, 4) is 0 Å². The number of hydrogen-bond acceptors (Lipinski definition) is 3. The lowest BCUT2D eigenvalue weighted by Gasteiger charge is -2.07. The Morgan fingerprint density at radius 1 is 1.08 bits per heavy atom. The van der Waals surface area contributed by atoms with Crippen molar-refractivity contribution in [3.05, 3.63) is 70.8 Å². The van der Waals surface area contributed by atoms with Gasteiger partial charge in [0.05, 0.1) is 4.90 Å². The zero-order valence-electron chi connectivity index (χ0n) is 13.2. The molecular formula is C18H18ClNO3S. The molecule has 4 nitrogen and oxygen atoms in total. The summed E-state index contributed by atoms with van der Waals surface area (Å²) in [7, 11) is -3.53. The molecule has 0 bridgehead atoms. The van der Waals surface area contributed by atoms with Gasteiger partial charge in [0, 0.05) is 11.6 Å². The van der Waals surface area contributed by atoms with Gasteiger partial charge in [0.2, 0.25) is 10.0 Å². The highest BCUT2D eigenvalue weighted by molar-refractivity contribution is 7.89. The zero-order chi connectivity index (χ0) is 17.6. The number of benzene rings is 2. The molecule has 0 amide bonds. The van der Waals surface area contributed by atoms with Crippen molar-refractivity contribution in [2.24, 2.45) is 0 Å². The Labute approximate surface area is 147 Å². The number of allylic oxidation sites excluding steroid dienone is 1. The molecule has 24 heavy (non-hydrogen) atoms. The minimum absolute atomic E-state index is 0.00400. The van der Waals surface area contributed by atoms with Crippen molar-refractivity contribution in [1.29, 1.82) is 0 Å². The van der Waals surface area contributed by atoms with E-state index >= 15 is 0 Å². The van der Waals surface area contributed by atoms with Crippen LogP contribution in [-0.4, -0.2) is 20.7 Å². The van der Waals surface area contributed by atoms with Crippen molar-refractivity contribution < 1.29 is 13.2 Å². The molecule has 6 heteroatoms. The Morgan fingerprint density at radius 3 is 2.29 bits per heavy atom. The smallest absolute Gasteiger partial charge is 0.240 e. The Balaban J connectivity index is 1.91. The van der Waals surface area contributed by atoms with Crippen LogP contribution < -0.4 is 4.72 Å². The molecule has 0 saturated carbocycles. The Kier molecular flexibility index (Phi) is 6.31. The van der Waals surface area contributed by atoms with Gasteiger partial charge in [-0.3, -0.25) is 4.79 Å². The van der Waals surface area contributed by atoms with E-state index in [0.29, 0.717) is 18.0 Å². The van der Waals surface area contributed by atoms with Gasteiger partial charge in [-0.05, 0) is 54.8 Å². The number of ketones is 1. The van der Waals surface area contributed by atoms with Crippen molar-refractivity contribution in [3.63, 3.8) is 0 Å². The topological polar surface area (TPSA) is 63.2 Å². The molecule has 0 spiro atoms. The maximum absolute atomic E-state index is 12.1. The van der Waals surface area contributed by atoms with Gasteiger partial charge >= 0.3 is 0 Å². The third-order valence-corrected chi connectivity index (χ3v) is 5.05. The molecule has 0 aliphatic rings. The van der Waals surface area contributed by atoms with Crippen LogP contribution >= 0.6 is 11.6 Å². The summed E-state index contributed by atoms with van der Waals surface area (Å²) in [4.78, 5) is 11.1. The molecule has 0 aromatic heterocycles. The van der Waals surface area contributed by atoms with E-state index in [4.69, 9.17) is 11.6 Å². The lowest BCUT2D eigenvalue weighted by molar-refractivity contribution is -0.112. The third kappa shape index (κ3) is 5.60. The SMILES string of the molecule is CC(=O)/C=C/c1ccc(CCNS(=O)(=O)c2ccc(Cl)cc2)cc1. The number of sulfonamides is 1. The van der Waals surface area contributed by atoms with Crippen molar-refractivity contribution in [2.75, 3.05) is 6.54 Å². The molecule has 0 unspecified atom stereocenters. The fraction of sp³-hybridized carbons (Fsp3) is 0.167. The highest BCUT2D eigenvalue weighted by atomic mass is 35.5. The average molecular weight is 364 g/mol. The second-order valence-electron chi connectivity index (χ2n) is 5.29. The molecule has 2 aromatic rings. The minimum atomic E-state index is -3.53. The van der Waals surface area contributed by atoms with E-state index in [1.165, 1.54) is 25.1 Å². The quantitative estimate of drug-likeness (QED) is 0.766. The van der Waals surface area contributed by atoms with Crippen molar-refractivity contribution in [2.45, 2.75) is 18.2 Å². The lowest BCUT2D eigenvalue weighted by atomic mass is 10.1. The number of carbonyl (C=O) groups excluding carboxylic acids is 1. The Bertz CT molecular complexity index is 826. The lowest BCUT2D eigenvalue weighted by Crippen LogP contribution is -2.25. The molecule has 1 N–H and O–H groups in total. The zero-order valence-corrected chi connectivity index (χ0v) is 14.8. The molecule has 2 rings (SSSR count). The van der Waals surface area contributed by atoms with Gasteiger partial charge in [-0.25, -0.2) is 13.1 Å². The molecule has 0 aliphatic heterocycles. The van der Waals surface area contributed by atoms with E-state index in [1.807, 2.05) is 24.3 Å². The van der Waals surface area contributed by atoms with Gasteiger partial charge < -0.3 is 0 Å². The molecular weight excluding hydrogens is 346 g/mol. The molecule has 0 heterocycles. The van der Waals surface area contributed by atoms with Gasteiger partial charge in [-0.1, -0.05) is 41.9 Å². The summed E-state index contributed by atoms with van der Waals surface area (Å²) in [5.74, 6) is -0.00400. The van der Waals surface area contributed by atoms with Crippen LogP contribution in [0.5, 0.6) is 0 Å². The molecule has 2 aromatic carbocycles. The van der Waals surface area contributed by atoms with Crippen molar-refractivity contribution in [1.82, 2.24) is 4.72 Å². The second-order valence-corrected chi connectivity index (χ2v) is 7.49. The summed E-state index contributed by atoms with van der Waals surface area (Å²) < 4.78 is 26.9. The largest absolute Gasteiger partial charge is 0.295 e. The Morgan fingerprint density at radius 2 is 1.71 bits per heavy atom. The summed E-state index contributed by atoms with van der Waals surface area (Å²) in [6.07, 6.45) is 3.83. The van der Waals surface area contributed by atoms with Gasteiger partial charge in [0.1, 0.15) is 0 Å². The van der Waals surface area contributed by atoms with Crippen LogP contribution in [-0.2, 0) is 21.2 Å². The molecule has 0 radical (unpaired) electrons. The normalized spacial score (nSPS) is 11.8. The van der Waals surface area contributed by atoms with E-state index in [1.54, 1.807) is 18.2 Å². The fourth-order valence-electron chi connectivity index (χ4n) is 2.04.